The molecule has 0 aliphatic rings. The van der Waals surface area contributed by atoms with Gasteiger partial charge in [0.15, 0.2) is 0 Å². The number of carbonyl (C=O) groups excluding carboxylic acids is 2. The van der Waals surface area contributed by atoms with E-state index in [0.29, 0.717) is 24.5 Å². The van der Waals surface area contributed by atoms with Crippen LogP contribution >= 0.6 is 0 Å². The Bertz CT molecular complexity index is 803. The number of amides is 3. The van der Waals surface area contributed by atoms with Gasteiger partial charge in [-0.3, -0.25) is 4.79 Å². The first-order valence-corrected chi connectivity index (χ1v) is 8.49. The first-order chi connectivity index (χ1) is 12.4. The van der Waals surface area contributed by atoms with E-state index in [-0.39, 0.29) is 11.9 Å². The van der Waals surface area contributed by atoms with E-state index in [0.717, 1.165) is 16.9 Å². The number of benzene rings is 2. The molecule has 6 nitrogen and oxygen atoms in total. The maximum atomic E-state index is 12.0. The summed E-state index contributed by atoms with van der Waals surface area (Å²) in [6, 6.07) is 10.7. The normalized spacial score (nSPS) is 10.2. The van der Waals surface area contributed by atoms with Crippen molar-refractivity contribution in [3.05, 3.63) is 53.1 Å². The molecule has 0 aliphatic heterocycles. The van der Waals surface area contributed by atoms with Crippen LogP contribution in [0.2, 0.25) is 0 Å². The van der Waals surface area contributed by atoms with Crippen molar-refractivity contribution >= 4 is 23.3 Å². The molecule has 0 radical (unpaired) electrons. The highest BCUT2D eigenvalue weighted by Crippen LogP contribution is 2.25. The third-order valence-electron chi connectivity index (χ3n) is 3.95. The van der Waals surface area contributed by atoms with Crippen LogP contribution in [0, 0.1) is 20.8 Å². The number of anilines is 2. The summed E-state index contributed by atoms with van der Waals surface area (Å²) in [6.45, 7) is 8.27. The van der Waals surface area contributed by atoms with Crippen molar-refractivity contribution in [2.75, 3.05) is 23.8 Å². The number of hydrogen-bond donors (Lipinski definition) is 3. The van der Waals surface area contributed by atoms with Crippen molar-refractivity contribution in [1.82, 2.24) is 5.32 Å². The molecule has 0 aromatic heterocycles. The number of hydrogen-bond acceptors (Lipinski definition) is 3. The molecular formula is C20H25N3O3. The zero-order chi connectivity index (χ0) is 19.1. The summed E-state index contributed by atoms with van der Waals surface area (Å²) in [7, 11) is 0. The highest BCUT2D eigenvalue weighted by molar-refractivity contribution is 5.92. The van der Waals surface area contributed by atoms with E-state index in [1.807, 2.05) is 26.8 Å². The standard InChI is InChI=1S/C20H25N3O3/c1-13-8-9-14(2)19(15(13)3)26-11-10-21-20(25)23-18-7-5-6-17(12-18)22-16(4)24/h5-9,12H,10-11H2,1-4H3,(H,22,24)(H2,21,23,25). The van der Waals surface area contributed by atoms with Crippen molar-refractivity contribution in [3.63, 3.8) is 0 Å². The van der Waals surface area contributed by atoms with Gasteiger partial charge >= 0.3 is 6.03 Å². The van der Waals surface area contributed by atoms with Gasteiger partial charge in [-0.15, -0.1) is 0 Å². The molecule has 2 aromatic rings. The van der Waals surface area contributed by atoms with Gasteiger partial charge in [-0.2, -0.15) is 0 Å². The fourth-order valence-corrected chi connectivity index (χ4v) is 2.52. The Morgan fingerprint density at radius 1 is 0.962 bits per heavy atom. The molecule has 0 bridgehead atoms. The zero-order valence-electron chi connectivity index (χ0n) is 15.6. The van der Waals surface area contributed by atoms with E-state index in [1.54, 1.807) is 24.3 Å². The van der Waals surface area contributed by atoms with Crippen molar-refractivity contribution in [1.29, 1.82) is 0 Å². The quantitative estimate of drug-likeness (QED) is 0.690. The molecule has 0 heterocycles. The summed E-state index contributed by atoms with van der Waals surface area (Å²) >= 11 is 0. The number of rotatable bonds is 6. The molecular weight excluding hydrogens is 330 g/mol. The molecule has 2 rings (SSSR count). The largest absolute Gasteiger partial charge is 0.491 e. The summed E-state index contributed by atoms with van der Waals surface area (Å²) < 4.78 is 5.82. The predicted molar refractivity (Wildman–Crippen MR) is 104 cm³/mol. The number of ether oxygens (including phenoxy) is 1. The zero-order valence-corrected chi connectivity index (χ0v) is 15.6. The van der Waals surface area contributed by atoms with Crippen molar-refractivity contribution in [2.24, 2.45) is 0 Å². The van der Waals surface area contributed by atoms with Gasteiger partial charge in [0.1, 0.15) is 12.4 Å². The van der Waals surface area contributed by atoms with Crippen LogP contribution < -0.4 is 20.7 Å². The van der Waals surface area contributed by atoms with Crippen LogP contribution in [0.4, 0.5) is 16.2 Å². The van der Waals surface area contributed by atoms with E-state index in [9.17, 15) is 9.59 Å². The Labute approximate surface area is 153 Å². The van der Waals surface area contributed by atoms with Crippen LogP contribution in [0.3, 0.4) is 0 Å². The number of nitrogens with one attached hydrogen (secondary N) is 3. The lowest BCUT2D eigenvalue weighted by Gasteiger charge is -2.14. The average Bonchev–Trinajstić information content (AvgIpc) is 2.57. The van der Waals surface area contributed by atoms with Gasteiger partial charge in [-0.1, -0.05) is 18.2 Å². The van der Waals surface area contributed by atoms with Gasteiger partial charge in [0.2, 0.25) is 5.91 Å². The monoisotopic (exact) mass is 355 g/mol. The summed E-state index contributed by atoms with van der Waals surface area (Å²) in [5.74, 6) is 0.709. The first kappa shape index (κ1) is 19.3. The van der Waals surface area contributed by atoms with Crippen LogP contribution in [0.15, 0.2) is 36.4 Å². The molecule has 0 unspecified atom stereocenters. The lowest BCUT2D eigenvalue weighted by Crippen LogP contribution is -2.32. The molecule has 2 aromatic carbocycles. The average molecular weight is 355 g/mol. The molecule has 0 saturated heterocycles. The van der Waals surface area contributed by atoms with E-state index < -0.39 is 0 Å². The highest BCUT2D eigenvalue weighted by Gasteiger charge is 2.07. The van der Waals surface area contributed by atoms with Gasteiger partial charge in [-0.25, -0.2) is 4.79 Å². The Morgan fingerprint density at radius 2 is 1.62 bits per heavy atom. The minimum atomic E-state index is -0.328. The summed E-state index contributed by atoms with van der Waals surface area (Å²) in [4.78, 5) is 23.1. The van der Waals surface area contributed by atoms with Gasteiger partial charge in [-0.05, 0) is 55.7 Å². The Kier molecular flexibility index (Phi) is 6.60. The minimum Gasteiger partial charge on any atom is -0.491 e. The van der Waals surface area contributed by atoms with E-state index in [4.69, 9.17) is 4.74 Å². The van der Waals surface area contributed by atoms with Crippen molar-refractivity contribution in [3.8, 4) is 5.75 Å². The van der Waals surface area contributed by atoms with Crippen LogP contribution in [0.25, 0.3) is 0 Å². The second-order valence-corrected chi connectivity index (χ2v) is 6.14. The number of aryl methyl sites for hydroxylation is 2. The van der Waals surface area contributed by atoms with Crippen molar-refractivity contribution in [2.45, 2.75) is 27.7 Å². The molecule has 26 heavy (non-hydrogen) atoms. The molecule has 6 heteroatoms. The fraction of sp³-hybridized carbons (Fsp3) is 0.300. The van der Waals surface area contributed by atoms with Crippen LogP contribution in [0.5, 0.6) is 5.75 Å². The molecule has 0 saturated carbocycles. The maximum absolute atomic E-state index is 12.0. The van der Waals surface area contributed by atoms with Crippen LogP contribution in [-0.2, 0) is 4.79 Å². The summed E-state index contributed by atoms with van der Waals surface area (Å²) in [5.41, 5.74) is 4.59. The summed E-state index contributed by atoms with van der Waals surface area (Å²) in [6.07, 6.45) is 0. The van der Waals surface area contributed by atoms with Gasteiger partial charge in [0, 0.05) is 18.3 Å². The fourth-order valence-electron chi connectivity index (χ4n) is 2.52. The molecule has 0 atom stereocenters. The maximum Gasteiger partial charge on any atom is 0.319 e. The van der Waals surface area contributed by atoms with Gasteiger partial charge in [0.05, 0.1) is 6.54 Å². The van der Waals surface area contributed by atoms with Gasteiger partial charge in [0.25, 0.3) is 0 Å². The smallest absolute Gasteiger partial charge is 0.319 e. The summed E-state index contributed by atoms with van der Waals surface area (Å²) in [5, 5.41) is 8.16. The molecule has 0 spiro atoms. The van der Waals surface area contributed by atoms with Crippen molar-refractivity contribution < 1.29 is 14.3 Å². The third-order valence-corrected chi connectivity index (χ3v) is 3.95. The van der Waals surface area contributed by atoms with Crippen LogP contribution in [0.1, 0.15) is 23.6 Å². The lowest BCUT2D eigenvalue weighted by molar-refractivity contribution is -0.114. The predicted octanol–water partition coefficient (Wildman–Crippen LogP) is 3.77. The van der Waals surface area contributed by atoms with E-state index in [2.05, 4.69) is 22.0 Å². The molecule has 3 amide bonds. The Morgan fingerprint density at radius 3 is 2.31 bits per heavy atom. The SMILES string of the molecule is CC(=O)Nc1cccc(NC(=O)NCCOc2c(C)ccc(C)c2C)c1. The molecule has 3 N–H and O–H groups in total. The van der Waals surface area contributed by atoms with E-state index in [1.165, 1.54) is 12.5 Å². The number of carbonyl (C=O) groups is 2. The van der Waals surface area contributed by atoms with Crippen LogP contribution in [-0.4, -0.2) is 25.1 Å². The molecule has 138 valence electrons. The first-order valence-electron chi connectivity index (χ1n) is 8.49. The lowest BCUT2D eigenvalue weighted by atomic mass is 10.1. The van der Waals surface area contributed by atoms with E-state index >= 15 is 0 Å². The Hall–Kier alpha value is -3.02. The second kappa shape index (κ2) is 8.89. The Balaban J connectivity index is 1.81. The van der Waals surface area contributed by atoms with Gasteiger partial charge < -0.3 is 20.7 Å². The number of urea groups is 1. The molecule has 0 aliphatic carbocycles. The molecule has 0 fully saturated rings. The minimum absolute atomic E-state index is 0.162. The highest BCUT2D eigenvalue weighted by atomic mass is 16.5. The third kappa shape index (κ3) is 5.51. The topological polar surface area (TPSA) is 79.5 Å². The second-order valence-electron chi connectivity index (χ2n) is 6.14.